The molecule has 2 saturated heterocycles. The van der Waals surface area contributed by atoms with Crippen LogP contribution in [0.2, 0.25) is 10.4 Å². The van der Waals surface area contributed by atoms with Crippen LogP contribution < -0.4 is 4.90 Å². The summed E-state index contributed by atoms with van der Waals surface area (Å²) in [4.78, 5) is 29.7. The Kier molecular flexibility index (Phi) is 4.93. The maximum Gasteiger partial charge on any atom is 0.410 e. The Morgan fingerprint density at radius 3 is 2.29 bits per heavy atom. The van der Waals surface area contributed by atoms with E-state index in [2.05, 4.69) is 19.9 Å². The first-order valence-corrected chi connectivity index (χ1v) is 11.4. The van der Waals surface area contributed by atoms with Gasteiger partial charge in [0.15, 0.2) is 11.0 Å². The molecule has 0 unspecified atom stereocenters. The smallest absolute Gasteiger partial charge is 0.410 e. The van der Waals surface area contributed by atoms with Gasteiger partial charge in [0.05, 0.1) is 23.2 Å². The zero-order valence-electron chi connectivity index (χ0n) is 17.7. The second-order valence-corrected chi connectivity index (χ2v) is 10.3. The molecule has 5 rings (SSSR count). The monoisotopic (exact) mass is 467 g/mol. The van der Waals surface area contributed by atoms with Gasteiger partial charge < -0.3 is 9.64 Å². The fourth-order valence-corrected chi connectivity index (χ4v) is 5.04. The van der Waals surface area contributed by atoms with Crippen LogP contribution >= 0.6 is 23.2 Å². The molecule has 31 heavy (non-hydrogen) atoms. The van der Waals surface area contributed by atoms with E-state index in [4.69, 9.17) is 27.9 Å². The van der Waals surface area contributed by atoms with Gasteiger partial charge in [-0.3, -0.25) is 4.90 Å². The summed E-state index contributed by atoms with van der Waals surface area (Å²) in [6, 6.07) is -0.0151. The summed E-state index contributed by atoms with van der Waals surface area (Å²) < 4.78 is 20.5. The van der Waals surface area contributed by atoms with Crippen molar-refractivity contribution in [1.29, 1.82) is 0 Å². The van der Waals surface area contributed by atoms with Gasteiger partial charge in [0, 0.05) is 19.0 Å². The lowest BCUT2D eigenvalue weighted by Crippen LogP contribution is -2.57. The van der Waals surface area contributed by atoms with Gasteiger partial charge in [-0.1, -0.05) is 11.6 Å². The molecule has 2 bridgehead atoms. The number of nitrogens with zero attached hydrogens (tertiary/aromatic N) is 5. The lowest BCUT2D eigenvalue weighted by atomic mass is 10.1. The Morgan fingerprint density at radius 1 is 1.06 bits per heavy atom. The van der Waals surface area contributed by atoms with E-state index in [9.17, 15) is 9.18 Å². The van der Waals surface area contributed by atoms with Crippen LogP contribution in [0.5, 0.6) is 0 Å². The molecular formula is C21H24Cl2FN5O2. The van der Waals surface area contributed by atoms with E-state index < -0.39 is 11.4 Å². The molecule has 3 fully saturated rings. The van der Waals surface area contributed by atoms with Crippen LogP contribution in [0.3, 0.4) is 0 Å². The number of amides is 1. The molecule has 1 saturated carbocycles. The number of carbonyl (C=O) groups is 1. The van der Waals surface area contributed by atoms with Crippen molar-refractivity contribution < 1.29 is 13.9 Å². The fourth-order valence-electron chi connectivity index (χ4n) is 4.70. The van der Waals surface area contributed by atoms with Crippen molar-refractivity contribution in [2.24, 2.45) is 0 Å². The first kappa shape index (κ1) is 20.9. The summed E-state index contributed by atoms with van der Waals surface area (Å²) in [5, 5.41) is 0.358. The first-order valence-electron chi connectivity index (χ1n) is 10.6. The lowest BCUT2D eigenvalue weighted by Gasteiger charge is -2.42. The topological polar surface area (TPSA) is 71.5 Å². The number of hydrogen-bond acceptors (Lipinski definition) is 6. The third-order valence-electron chi connectivity index (χ3n) is 6.08. The summed E-state index contributed by atoms with van der Waals surface area (Å²) in [6.45, 7) is 6.72. The molecule has 0 radical (unpaired) electrons. The number of fused-ring (bicyclic) bond motifs is 3. The highest BCUT2D eigenvalue weighted by molar-refractivity contribution is 6.31. The molecule has 1 amide bonds. The number of piperazine rings is 1. The number of ether oxygens (including phenoxy) is 1. The van der Waals surface area contributed by atoms with Crippen LogP contribution in [-0.2, 0) is 4.74 Å². The van der Waals surface area contributed by atoms with Gasteiger partial charge in [-0.25, -0.2) is 19.2 Å². The Balaban J connectivity index is 1.53. The van der Waals surface area contributed by atoms with Gasteiger partial charge in [-0.2, -0.15) is 4.98 Å². The Morgan fingerprint density at radius 2 is 1.71 bits per heavy atom. The maximum atomic E-state index is 14.8. The molecule has 1 aliphatic carbocycles. The number of halogens is 3. The minimum absolute atomic E-state index is 0.00753. The summed E-state index contributed by atoms with van der Waals surface area (Å²) in [7, 11) is 0. The van der Waals surface area contributed by atoms with Gasteiger partial charge in [0.25, 0.3) is 0 Å². The van der Waals surface area contributed by atoms with E-state index >= 15 is 0 Å². The van der Waals surface area contributed by atoms with E-state index in [1.165, 1.54) is 0 Å². The normalized spacial score (nSPS) is 23.5. The second kappa shape index (κ2) is 7.30. The van der Waals surface area contributed by atoms with Crippen LogP contribution in [0.1, 0.15) is 58.1 Å². The molecule has 166 valence electrons. The zero-order valence-corrected chi connectivity index (χ0v) is 19.2. The fraction of sp³-hybridized carbons (Fsp3) is 0.619. The predicted molar refractivity (Wildman–Crippen MR) is 116 cm³/mol. The molecule has 7 nitrogen and oxygen atoms in total. The molecular weight excluding hydrogens is 444 g/mol. The van der Waals surface area contributed by atoms with E-state index in [1.807, 2.05) is 25.7 Å². The number of anilines is 1. The molecule has 2 aromatic rings. The number of pyridine rings is 1. The maximum absolute atomic E-state index is 14.8. The molecule has 3 aliphatic rings. The van der Waals surface area contributed by atoms with Crippen LogP contribution in [0.25, 0.3) is 10.9 Å². The van der Waals surface area contributed by atoms with E-state index in [0.29, 0.717) is 24.3 Å². The van der Waals surface area contributed by atoms with Crippen LogP contribution in [0, 0.1) is 5.82 Å². The largest absolute Gasteiger partial charge is 0.444 e. The summed E-state index contributed by atoms with van der Waals surface area (Å²) >= 11 is 12.2. The van der Waals surface area contributed by atoms with Crippen molar-refractivity contribution in [3.63, 3.8) is 0 Å². The second-order valence-electron chi connectivity index (χ2n) is 9.59. The molecule has 0 N–H and O–H groups in total. The van der Waals surface area contributed by atoms with Crippen molar-refractivity contribution in [3.8, 4) is 0 Å². The van der Waals surface area contributed by atoms with E-state index in [0.717, 1.165) is 31.4 Å². The molecule has 2 aromatic heterocycles. The van der Waals surface area contributed by atoms with Crippen molar-refractivity contribution in [1.82, 2.24) is 19.9 Å². The third kappa shape index (κ3) is 3.78. The number of aromatic nitrogens is 3. The number of rotatable bonds is 2. The number of carbonyl (C=O) groups excluding carboxylic acids is 1. The van der Waals surface area contributed by atoms with Gasteiger partial charge in [0.1, 0.15) is 16.9 Å². The highest BCUT2D eigenvalue weighted by Gasteiger charge is 2.45. The Hall–Kier alpha value is -1.93. The van der Waals surface area contributed by atoms with E-state index in [-0.39, 0.29) is 40.0 Å². The highest BCUT2D eigenvalue weighted by atomic mass is 35.5. The third-order valence-corrected chi connectivity index (χ3v) is 6.50. The van der Waals surface area contributed by atoms with Gasteiger partial charge in [-0.05, 0) is 58.1 Å². The van der Waals surface area contributed by atoms with Crippen LogP contribution in [0.4, 0.5) is 15.0 Å². The highest BCUT2D eigenvalue weighted by Crippen LogP contribution is 2.46. The van der Waals surface area contributed by atoms with Gasteiger partial charge in [-0.15, -0.1) is 0 Å². The van der Waals surface area contributed by atoms with Crippen molar-refractivity contribution >= 4 is 46.0 Å². The molecule has 0 spiro atoms. The summed E-state index contributed by atoms with van der Waals surface area (Å²) in [5.41, 5.74) is 0.292. The predicted octanol–water partition coefficient (Wildman–Crippen LogP) is 4.94. The van der Waals surface area contributed by atoms with Crippen LogP contribution in [-0.4, -0.2) is 56.7 Å². The Labute approximate surface area is 189 Å². The standard InChI is InChI=1S/C21H24Cl2FN5O2/c1-21(2,3)31-20(30)29-11-6-7-12(29)9-28(8-11)18-13-15(10-4-5-10)25-17(22)14(24)16(13)26-19(23)27-18/h10-12H,4-9H2,1-3H3/t11-,12+. The Bertz CT molecular complexity index is 1060. The number of hydrogen-bond donors (Lipinski definition) is 0. The van der Waals surface area contributed by atoms with Gasteiger partial charge in [0.2, 0.25) is 5.28 Å². The summed E-state index contributed by atoms with van der Waals surface area (Å²) in [6.07, 6.45) is 3.42. The molecule has 2 atom stereocenters. The minimum atomic E-state index is -0.679. The average Bonchev–Trinajstić information content (AvgIpc) is 3.48. The van der Waals surface area contributed by atoms with Gasteiger partial charge >= 0.3 is 6.09 Å². The minimum Gasteiger partial charge on any atom is -0.444 e. The zero-order chi connectivity index (χ0) is 22.1. The average molecular weight is 468 g/mol. The summed E-state index contributed by atoms with van der Waals surface area (Å²) in [5.74, 6) is 0.117. The molecule has 0 aromatic carbocycles. The van der Waals surface area contributed by atoms with Crippen LogP contribution in [0.15, 0.2) is 0 Å². The van der Waals surface area contributed by atoms with E-state index in [1.54, 1.807) is 0 Å². The SMILES string of the molecule is CC(C)(C)OC(=O)N1[C@@H]2CC[C@H]1CN(c1nc(Cl)nc3c(F)c(Cl)nc(C4CC4)c13)C2. The molecule has 2 aliphatic heterocycles. The van der Waals surface area contributed by atoms with Crippen molar-refractivity contribution in [2.45, 2.75) is 70.1 Å². The van der Waals surface area contributed by atoms with Crippen molar-refractivity contribution in [3.05, 3.63) is 21.9 Å². The van der Waals surface area contributed by atoms with Crippen molar-refractivity contribution in [2.75, 3.05) is 18.0 Å². The quantitative estimate of drug-likeness (QED) is 0.460. The molecule has 4 heterocycles. The molecule has 10 heteroatoms. The lowest BCUT2D eigenvalue weighted by molar-refractivity contribution is 0.0123. The first-order chi connectivity index (χ1) is 14.6.